The number of carbonyl (C=O) groups excluding carboxylic acids is 1. The van der Waals surface area contributed by atoms with Crippen molar-refractivity contribution >= 4 is 5.91 Å². The molecule has 3 rings (SSSR count). The number of carbonyl (C=O) groups is 1. The van der Waals surface area contributed by atoms with Crippen molar-refractivity contribution in [1.82, 2.24) is 10.2 Å². The highest BCUT2D eigenvalue weighted by atomic mass is 16.2. The molecule has 2 aliphatic carbocycles. The van der Waals surface area contributed by atoms with Crippen molar-refractivity contribution in [2.45, 2.75) is 37.8 Å². The van der Waals surface area contributed by atoms with E-state index in [2.05, 4.69) is 22.4 Å². The summed E-state index contributed by atoms with van der Waals surface area (Å²) >= 11 is 0. The van der Waals surface area contributed by atoms with E-state index in [1.807, 2.05) is 7.05 Å². The standard InChI is InChI=1S/C13H20N2O/c1-14-12-7-9-6-10(9)8-15(13(12)16)11-4-2-3-5-11/h2,4,9-12,14H,3,5-8H2,1H3. The molecule has 2 fully saturated rings. The maximum atomic E-state index is 12.4. The molecule has 1 saturated heterocycles. The number of allylic oxidation sites excluding steroid dienone is 1. The van der Waals surface area contributed by atoms with Crippen LogP contribution in [-0.4, -0.2) is 36.5 Å². The Balaban J connectivity index is 1.79. The Bertz CT molecular complexity index is 326. The van der Waals surface area contributed by atoms with Gasteiger partial charge in [-0.15, -0.1) is 0 Å². The predicted octanol–water partition coefficient (Wildman–Crippen LogP) is 1.16. The third-order valence-corrected chi connectivity index (χ3v) is 4.36. The lowest BCUT2D eigenvalue weighted by atomic mass is 10.1. The Morgan fingerprint density at radius 3 is 2.94 bits per heavy atom. The number of amides is 1. The number of nitrogens with zero attached hydrogens (tertiary/aromatic N) is 1. The van der Waals surface area contributed by atoms with Crippen LogP contribution in [0.15, 0.2) is 12.2 Å². The fraction of sp³-hybridized carbons (Fsp3) is 0.769. The van der Waals surface area contributed by atoms with Crippen LogP contribution in [0, 0.1) is 11.8 Å². The molecule has 3 nitrogen and oxygen atoms in total. The second kappa shape index (κ2) is 3.88. The fourth-order valence-electron chi connectivity index (χ4n) is 3.19. The predicted molar refractivity (Wildman–Crippen MR) is 62.9 cm³/mol. The summed E-state index contributed by atoms with van der Waals surface area (Å²) in [5.41, 5.74) is 0. The first-order valence-electron chi connectivity index (χ1n) is 6.44. The smallest absolute Gasteiger partial charge is 0.240 e. The highest BCUT2D eigenvalue weighted by Crippen LogP contribution is 2.45. The first kappa shape index (κ1) is 10.3. The van der Waals surface area contributed by atoms with Gasteiger partial charge in [0.05, 0.1) is 12.1 Å². The summed E-state index contributed by atoms with van der Waals surface area (Å²) in [5.74, 6) is 1.92. The number of nitrogens with one attached hydrogen (secondary N) is 1. The Kier molecular flexibility index (Phi) is 2.51. The summed E-state index contributed by atoms with van der Waals surface area (Å²) in [7, 11) is 1.91. The first-order valence-corrected chi connectivity index (χ1v) is 6.44. The number of likely N-dealkylation sites (tertiary alicyclic amines) is 1. The van der Waals surface area contributed by atoms with Crippen molar-refractivity contribution in [2.24, 2.45) is 11.8 Å². The lowest BCUT2D eigenvalue weighted by Crippen LogP contribution is -2.48. The van der Waals surface area contributed by atoms with Crippen molar-refractivity contribution in [3.63, 3.8) is 0 Å². The van der Waals surface area contributed by atoms with Gasteiger partial charge in [-0.3, -0.25) is 4.79 Å². The normalized spacial score (nSPS) is 42.1. The van der Waals surface area contributed by atoms with Crippen LogP contribution in [0.25, 0.3) is 0 Å². The van der Waals surface area contributed by atoms with E-state index < -0.39 is 0 Å². The van der Waals surface area contributed by atoms with E-state index in [9.17, 15) is 4.79 Å². The molecule has 1 amide bonds. The summed E-state index contributed by atoms with van der Waals surface area (Å²) in [6.45, 7) is 0.997. The molecule has 0 aromatic carbocycles. The van der Waals surface area contributed by atoms with Gasteiger partial charge in [0.15, 0.2) is 0 Å². The molecule has 1 N–H and O–H groups in total. The molecule has 1 saturated carbocycles. The molecule has 0 bridgehead atoms. The molecule has 3 aliphatic rings. The van der Waals surface area contributed by atoms with Crippen LogP contribution in [-0.2, 0) is 4.79 Å². The molecule has 0 aromatic heterocycles. The average Bonchev–Trinajstić information content (AvgIpc) is 2.81. The summed E-state index contributed by atoms with van der Waals surface area (Å²) in [5, 5.41) is 3.19. The van der Waals surface area contributed by atoms with Crippen LogP contribution in [0.3, 0.4) is 0 Å². The highest BCUT2D eigenvalue weighted by molar-refractivity contribution is 5.83. The molecule has 4 atom stereocenters. The van der Waals surface area contributed by atoms with E-state index in [0.717, 1.165) is 37.6 Å². The molecule has 16 heavy (non-hydrogen) atoms. The maximum Gasteiger partial charge on any atom is 0.240 e. The zero-order chi connectivity index (χ0) is 11.1. The average molecular weight is 220 g/mol. The van der Waals surface area contributed by atoms with Crippen molar-refractivity contribution in [1.29, 1.82) is 0 Å². The Morgan fingerprint density at radius 1 is 1.38 bits per heavy atom. The lowest BCUT2D eigenvalue weighted by molar-refractivity contribution is -0.134. The van der Waals surface area contributed by atoms with Gasteiger partial charge in [0.2, 0.25) is 5.91 Å². The van der Waals surface area contributed by atoms with Crippen LogP contribution < -0.4 is 5.32 Å². The minimum Gasteiger partial charge on any atom is -0.335 e. The van der Waals surface area contributed by atoms with E-state index in [1.165, 1.54) is 6.42 Å². The monoisotopic (exact) mass is 220 g/mol. The number of fused-ring (bicyclic) bond motifs is 1. The zero-order valence-electron chi connectivity index (χ0n) is 9.86. The van der Waals surface area contributed by atoms with Crippen LogP contribution in [0.2, 0.25) is 0 Å². The maximum absolute atomic E-state index is 12.4. The van der Waals surface area contributed by atoms with Gasteiger partial charge in [-0.2, -0.15) is 0 Å². The van der Waals surface area contributed by atoms with Gasteiger partial charge >= 0.3 is 0 Å². The van der Waals surface area contributed by atoms with Gasteiger partial charge in [0.25, 0.3) is 0 Å². The molecule has 0 spiro atoms. The van der Waals surface area contributed by atoms with Gasteiger partial charge in [-0.25, -0.2) is 0 Å². The molecule has 1 heterocycles. The van der Waals surface area contributed by atoms with Crippen molar-refractivity contribution in [3.8, 4) is 0 Å². The van der Waals surface area contributed by atoms with Crippen LogP contribution in [0.1, 0.15) is 25.7 Å². The second-order valence-corrected chi connectivity index (χ2v) is 5.40. The van der Waals surface area contributed by atoms with Gasteiger partial charge in [0.1, 0.15) is 0 Å². The molecule has 3 heteroatoms. The van der Waals surface area contributed by atoms with Crippen molar-refractivity contribution in [3.05, 3.63) is 12.2 Å². The lowest BCUT2D eigenvalue weighted by Gasteiger charge is -2.30. The van der Waals surface area contributed by atoms with Gasteiger partial charge in [0, 0.05) is 6.54 Å². The Morgan fingerprint density at radius 2 is 2.25 bits per heavy atom. The van der Waals surface area contributed by atoms with Crippen molar-refractivity contribution < 1.29 is 4.79 Å². The van der Waals surface area contributed by atoms with E-state index in [0.29, 0.717) is 11.9 Å². The molecule has 0 radical (unpaired) electrons. The van der Waals surface area contributed by atoms with Crippen molar-refractivity contribution in [2.75, 3.05) is 13.6 Å². The largest absolute Gasteiger partial charge is 0.335 e. The first-order chi connectivity index (χ1) is 7.79. The molecule has 4 unspecified atom stereocenters. The minimum atomic E-state index is 0.0616. The van der Waals surface area contributed by atoms with Crippen LogP contribution >= 0.6 is 0 Å². The third kappa shape index (κ3) is 1.67. The van der Waals surface area contributed by atoms with Gasteiger partial charge < -0.3 is 10.2 Å². The van der Waals surface area contributed by atoms with E-state index >= 15 is 0 Å². The molecular weight excluding hydrogens is 200 g/mol. The number of hydrogen-bond acceptors (Lipinski definition) is 2. The van der Waals surface area contributed by atoms with E-state index in [1.54, 1.807) is 0 Å². The molecule has 1 aliphatic heterocycles. The highest BCUT2D eigenvalue weighted by Gasteiger charge is 2.46. The summed E-state index contributed by atoms with van der Waals surface area (Å²) in [4.78, 5) is 14.5. The SMILES string of the molecule is CNC1CC2CC2CN(C2C=CCC2)C1=O. The fourth-order valence-corrected chi connectivity index (χ4v) is 3.19. The van der Waals surface area contributed by atoms with E-state index in [4.69, 9.17) is 0 Å². The van der Waals surface area contributed by atoms with E-state index in [-0.39, 0.29) is 6.04 Å². The van der Waals surface area contributed by atoms with Gasteiger partial charge in [-0.05, 0) is 44.6 Å². The molecular formula is C13H20N2O. The second-order valence-electron chi connectivity index (χ2n) is 5.40. The zero-order valence-corrected chi connectivity index (χ0v) is 9.86. The minimum absolute atomic E-state index is 0.0616. The quantitative estimate of drug-likeness (QED) is 0.708. The third-order valence-electron chi connectivity index (χ3n) is 4.36. The summed E-state index contributed by atoms with van der Waals surface area (Å²) in [6, 6.07) is 0.439. The molecule has 88 valence electrons. The Labute approximate surface area is 96.9 Å². The number of likely N-dealkylation sites (N-methyl/N-ethyl adjacent to an activating group) is 1. The number of hydrogen-bond donors (Lipinski definition) is 1. The number of rotatable bonds is 2. The summed E-state index contributed by atoms with van der Waals surface area (Å²) < 4.78 is 0. The van der Waals surface area contributed by atoms with Gasteiger partial charge in [-0.1, -0.05) is 12.2 Å². The topological polar surface area (TPSA) is 32.3 Å². The van der Waals surface area contributed by atoms with Crippen LogP contribution in [0.5, 0.6) is 0 Å². The summed E-state index contributed by atoms with van der Waals surface area (Å²) in [6.07, 6.45) is 9.06. The van der Waals surface area contributed by atoms with Crippen LogP contribution in [0.4, 0.5) is 0 Å². The molecule has 0 aromatic rings. The Hall–Kier alpha value is -0.830.